The molecular weight excluding hydrogens is 597 g/mol. The lowest BCUT2D eigenvalue weighted by Gasteiger charge is -2.65. The molecular formula is C46H57N2O+. The molecule has 8 rings (SSSR count). The van der Waals surface area contributed by atoms with Gasteiger partial charge in [-0.2, -0.15) is 4.57 Å². The molecule has 256 valence electrons. The summed E-state index contributed by atoms with van der Waals surface area (Å²) in [5, 5.41) is 13.2. The number of hydrogen-bond donors (Lipinski definition) is 1. The predicted molar refractivity (Wildman–Crippen MR) is 203 cm³/mol. The van der Waals surface area contributed by atoms with Gasteiger partial charge in [0.05, 0.1) is 0 Å². The first-order valence-electron chi connectivity index (χ1n) is 19.2. The molecule has 0 amide bonds. The van der Waals surface area contributed by atoms with E-state index in [9.17, 15) is 5.11 Å². The zero-order valence-electron chi connectivity index (χ0n) is 30.6. The predicted octanol–water partition coefficient (Wildman–Crippen LogP) is 10.6. The summed E-state index contributed by atoms with van der Waals surface area (Å²) in [5.74, 6) is 2.14. The van der Waals surface area contributed by atoms with Gasteiger partial charge in [0.25, 0.3) is 0 Å². The van der Waals surface area contributed by atoms with Crippen LogP contribution in [0, 0.1) is 34.0 Å². The van der Waals surface area contributed by atoms with Crippen LogP contribution in [0.4, 0.5) is 5.69 Å². The van der Waals surface area contributed by atoms with Crippen LogP contribution in [0.5, 0.6) is 0 Å². The Labute approximate surface area is 295 Å². The molecule has 49 heavy (non-hydrogen) atoms. The molecule has 0 bridgehead atoms. The van der Waals surface area contributed by atoms with Crippen LogP contribution in [0.3, 0.4) is 0 Å². The Bertz CT molecular complexity index is 1740. The summed E-state index contributed by atoms with van der Waals surface area (Å²) in [5.41, 5.74) is 8.41. The summed E-state index contributed by atoms with van der Waals surface area (Å²) in [4.78, 5) is 2.15. The summed E-state index contributed by atoms with van der Waals surface area (Å²) >= 11 is 0. The largest absolute Gasteiger partial charge is 0.383 e. The molecule has 1 heterocycles. The summed E-state index contributed by atoms with van der Waals surface area (Å²) in [6.45, 7) is 8.41. The van der Waals surface area contributed by atoms with Gasteiger partial charge in [-0.25, -0.2) is 0 Å². The van der Waals surface area contributed by atoms with E-state index in [2.05, 4.69) is 141 Å². The summed E-state index contributed by atoms with van der Waals surface area (Å²) < 4.78 is 2.49. The van der Waals surface area contributed by atoms with Crippen LogP contribution in [0.25, 0.3) is 33.6 Å². The van der Waals surface area contributed by atoms with E-state index in [1.54, 1.807) is 0 Å². The molecule has 3 nitrogen and oxygen atoms in total. The molecule has 0 aliphatic heterocycles. The Morgan fingerprint density at radius 1 is 0.612 bits per heavy atom. The van der Waals surface area contributed by atoms with Gasteiger partial charge in [0.15, 0.2) is 6.54 Å². The van der Waals surface area contributed by atoms with Crippen LogP contribution >= 0.6 is 0 Å². The van der Waals surface area contributed by atoms with E-state index in [0.29, 0.717) is 23.3 Å². The van der Waals surface area contributed by atoms with Crippen LogP contribution in [-0.4, -0.2) is 24.8 Å². The smallest absolute Gasteiger partial charge is 0.213 e. The third kappa shape index (κ3) is 5.21. The minimum Gasteiger partial charge on any atom is -0.383 e. The fourth-order valence-electron chi connectivity index (χ4n) is 11.8. The van der Waals surface area contributed by atoms with Crippen LogP contribution in [0.1, 0.15) is 85.0 Å². The number of anilines is 1. The number of aliphatic hydroxyl groups is 1. The van der Waals surface area contributed by atoms with Crippen molar-refractivity contribution < 1.29 is 9.67 Å². The maximum absolute atomic E-state index is 13.2. The zero-order chi connectivity index (χ0) is 34.0. The quantitative estimate of drug-likeness (QED) is 0.210. The maximum Gasteiger partial charge on any atom is 0.213 e. The first-order valence-corrected chi connectivity index (χ1v) is 19.2. The van der Waals surface area contributed by atoms with Crippen molar-refractivity contribution in [2.24, 2.45) is 34.0 Å². The normalized spacial score (nSPS) is 33.7. The Kier molecular flexibility index (Phi) is 8.10. The van der Waals surface area contributed by atoms with Crippen molar-refractivity contribution in [2.75, 3.05) is 19.0 Å². The molecule has 4 aromatic rings. The number of pyridine rings is 1. The van der Waals surface area contributed by atoms with Gasteiger partial charge in [0.2, 0.25) is 11.4 Å². The van der Waals surface area contributed by atoms with E-state index < -0.39 is 5.60 Å². The summed E-state index contributed by atoms with van der Waals surface area (Å²) in [6, 6.07) is 35.4. The number of fused-ring (bicyclic) bond motifs is 5. The topological polar surface area (TPSA) is 27.4 Å². The van der Waals surface area contributed by atoms with Crippen molar-refractivity contribution >= 4 is 5.69 Å². The van der Waals surface area contributed by atoms with E-state index in [1.807, 2.05) is 0 Å². The monoisotopic (exact) mass is 653 g/mol. The van der Waals surface area contributed by atoms with E-state index in [0.717, 1.165) is 31.1 Å². The van der Waals surface area contributed by atoms with E-state index in [1.165, 1.54) is 84.3 Å². The number of nitrogens with zero attached hydrogens (tertiary/aromatic N) is 2. The van der Waals surface area contributed by atoms with Gasteiger partial charge >= 0.3 is 0 Å². The Morgan fingerprint density at radius 2 is 1.18 bits per heavy atom. The molecule has 0 unspecified atom stereocenters. The fraction of sp³-hybridized carbons (Fsp3) is 0.500. The molecule has 4 fully saturated rings. The molecule has 4 aliphatic rings. The van der Waals surface area contributed by atoms with Crippen molar-refractivity contribution in [3.05, 3.63) is 97.1 Å². The van der Waals surface area contributed by atoms with Crippen LogP contribution in [0.15, 0.2) is 97.1 Å². The molecule has 1 aromatic heterocycles. The van der Waals surface area contributed by atoms with Crippen LogP contribution < -0.4 is 9.47 Å². The average Bonchev–Trinajstić information content (AvgIpc) is 3.39. The lowest BCUT2D eigenvalue weighted by atomic mass is 9.40. The minimum absolute atomic E-state index is 0.0947. The molecule has 3 aromatic carbocycles. The number of benzene rings is 3. The lowest BCUT2D eigenvalue weighted by molar-refractivity contribution is -0.692. The van der Waals surface area contributed by atoms with Crippen molar-refractivity contribution in [2.45, 2.75) is 97.1 Å². The van der Waals surface area contributed by atoms with Crippen molar-refractivity contribution in [3.8, 4) is 33.6 Å². The first-order chi connectivity index (χ1) is 23.6. The van der Waals surface area contributed by atoms with Gasteiger partial charge in [0, 0.05) is 48.5 Å². The molecule has 0 spiro atoms. The summed E-state index contributed by atoms with van der Waals surface area (Å²) in [7, 11) is 4.18. The first kappa shape index (κ1) is 32.8. The van der Waals surface area contributed by atoms with E-state index in [-0.39, 0.29) is 5.41 Å². The third-order valence-electron chi connectivity index (χ3n) is 15.1. The van der Waals surface area contributed by atoms with Gasteiger partial charge < -0.3 is 10.0 Å². The van der Waals surface area contributed by atoms with Crippen LogP contribution in [-0.2, 0) is 6.54 Å². The highest BCUT2D eigenvalue weighted by molar-refractivity contribution is 5.74. The van der Waals surface area contributed by atoms with Gasteiger partial charge in [-0.1, -0.05) is 82.1 Å². The van der Waals surface area contributed by atoms with Gasteiger partial charge in [-0.3, -0.25) is 0 Å². The summed E-state index contributed by atoms with van der Waals surface area (Å²) in [6.07, 6.45) is 12.8. The molecule has 0 saturated heterocycles. The van der Waals surface area contributed by atoms with Gasteiger partial charge in [-0.05, 0) is 127 Å². The molecule has 7 atom stereocenters. The Balaban J connectivity index is 1.22. The Morgan fingerprint density at radius 3 is 1.80 bits per heavy atom. The molecule has 3 heteroatoms. The average molecular weight is 654 g/mol. The van der Waals surface area contributed by atoms with E-state index in [4.69, 9.17) is 0 Å². The van der Waals surface area contributed by atoms with Gasteiger partial charge in [0.1, 0.15) is 5.60 Å². The second-order valence-corrected chi connectivity index (χ2v) is 17.4. The second-order valence-electron chi connectivity index (χ2n) is 17.4. The maximum atomic E-state index is 13.2. The molecule has 1 N–H and O–H groups in total. The lowest BCUT2D eigenvalue weighted by Crippen LogP contribution is -2.61. The SMILES string of the molecule is CN(C)c1ccc(-c2cc(-c3ccccc3)[n+](C[C@@]3(O)CC[C@@H]4[C@@H]5CC[C@@]6(C)CCCC[C@]6(C)[C@H]5CC[C@@]43C)c(-c3ccccc3)c2)cc1. The van der Waals surface area contributed by atoms with Crippen molar-refractivity contribution in [1.82, 2.24) is 0 Å². The highest BCUT2D eigenvalue weighted by atomic mass is 16.3. The number of rotatable bonds is 6. The van der Waals surface area contributed by atoms with Crippen LogP contribution in [0.2, 0.25) is 0 Å². The highest BCUT2D eigenvalue weighted by Crippen LogP contribution is 2.71. The van der Waals surface area contributed by atoms with E-state index >= 15 is 0 Å². The standard InChI is InChI=1S/C46H57N2O/c1-43-25-12-13-26-44(43,2)39-23-28-45(3)40(38(39)22-27-43)24-29-46(45,49)32-48-41(34-14-8-6-9-15-34)30-36(31-42(48)35-16-10-7-11-17-35)33-18-20-37(21-19-33)47(4)5/h6-11,14-21,30-31,38-40,49H,12-13,22-29,32H2,1-5H3/q+1/t38-,39+,40-,43-,44-,45+,46+/m1/s1. The van der Waals surface area contributed by atoms with Crippen molar-refractivity contribution in [3.63, 3.8) is 0 Å². The number of aromatic nitrogens is 1. The third-order valence-corrected chi connectivity index (χ3v) is 15.1. The second kappa shape index (κ2) is 12.1. The highest BCUT2D eigenvalue weighted by Gasteiger charge is 2.67. The zero-order valence-corrected chi connectivity index (χ0v) is 30.6. The molecule has 0 radical (unpaired) electrons. The number of hydrogen-bond acceptors (Lipinski definition) is 2. The van der Waals surface area contributed by atoms with Crippen molar-refractivity contribution in [1.29, 1.82) is 0 Å². The molecule has 4 saturated carbocycles. The minimum atomic E-state index is -0.774. The fourth-order valence-corrected chi connectivity index (χ4v) is 11.8. The molecule has 4 aliphatic carbocycles. The van der Waals surface area contributed by atoms with Gasteiger partial charge in [-0.15, -0.1) is 0 Å². The Hall–Kier alpha value is -3.43.